The van der Waals surface area contributed by atoms with Crippen LogP contribution in [0.1, 0.15) is 12.5 Å². The summed E-state index contributed by atoms with van der Waals surface area (Å²) in [6.07, 6.45) is 1.58. The molecule has 4 nitrogen and oxygen atoms in total. The number of hydrogen-bond acceptors (Lipinski definition) is 4. The molecule has 1 aromatic carbocycles. The molecule has 0 spiro atoms. The topological polar surface area (TPSA) is 72.2 Å². The summed E-state index contributed by atoms with van der Waals surface area (Å²) in [5.74, 6) is 5.42. The Morgan fingerprint density at radius 2 is 2.00 bits per heavy atom. The molecule has 0 saturated heterocycles. The van der Waals surface area contributed by atoms with Crippen LogP contribution in [0.15, 0.2) is 18.2 Å². The van der Waals surface area contributed by atoms with Crippen LogP contribution in [0.25, 0.3) is 0 Å². The van der Waals surface area contributed by atoms with Crippen LogP contribution in [-0.2, 0) is 16.3 Å². The van der Waals surface area contributed by atoms with Crippen molar-refractivity contribution in [2.45, 2.75) is 24.6 Å². The number of halogens is 2. The number of nitrogens with two attached hydrogens (primary N) is 1. The molecule has 0 aliphatic rings. The summed E-state index contributed by atoms with van der Waals surface area (Å²) in [6.45, 7) is 1.61. The maximum atomic E-state index is 11.5. The van der Waals surface area contributed by atoms with E-state index in [0.29, 0.717) is 16.5 Å². The summed E-state index contributed by atoms with van der Waals surface area (Å²) >= 11 is 11.9. The van der Waals surface area contributed by atoms with Gasteiger partial charge in [0.25, 0.3) is 0 Å². The second kappa shape index (κ2) is 6.21. The lowest BCUT2D eigenvalue weighted by Crippen LogP contribution is -2.47. The molecule has 7 heteroatoms. The van der Waals surface area contributed by atoms with Crippen molar-refractivity contribution in [1.29, 1.82) is 0 Å². The van der Waals surface area contributed by atoms with Gasteiger partial charge in [0.2, 0.25) is 0 Å². The van der Waals surface area contributed by atoms with Gasteiger partial charge in [-0.15, -0.1) is 0 Å². The van der Waals surface area contributed by atoms with E-state index in [1.54, 1.807) is 25.1 Å². The molecule has 0 radical (unpaired) electrons. The average molecular weight is 311 g/mol. The van der Waals surface area contributed by atoms with Crippen LogP contribution in [0.4, 0.5) is 0 Å². The van der Waals surface area contributed by atoms with E-state index in [4.69, 9.17) is 29.0 Å². The van der Waals surface area contributed by atoms with Crippen molar-refractivity contribution in [2.24, 2.45) is 5.84 Å². The molecule has 0 aliphatic carbocycles. The van der Waals surface area contributed by atoms with Crippen LogP contribution >= 0.6 is 23.2 Å². The van der Waals surface area contributed by atoms with Crippen LogP contribution in [0.5, 0.6) is 0 Å². The molecule has 0 saturated carbocycles. The van der Waals surface area contributed by atoms with E-state index in [1.165, 1.54) is 6.26 Å². The highest BCUT2D eigenvalue weighted by Crippen LogP contribution is 2.23. The van der Waals surface area contributed by atoms with Gasteiger partial charge in [0.1, 0.15) is 0 Å². The van der Waals surface area contributed by atoms with Crippen LogP contribution < -0.4 is 11.3 Å². The maximum Gasteiger partial charge on any atom is 0.151 e. The van der Waals surface area contributed by atoms with Gasteiger partial charge < -0.3 is 0 Å². The molecule has 0 fully saturated rings. The maximum absolute atomic E-state index is 11.5. The monoisotopic (exact) mass is 310 g/mol. The second-order valence-corrected chi connectivity index (χ2v) is 7.49. The van der Waals surface area contributed by atoms with Gasteiger partial charge >= 0.3 is 0 Å². The van der Waals surface area contributed by atoms with E-state index in [9.17, 15) is 8.42 Å². The van der Waals surface area contributed by atoms with Crippen LogP contribution in [0, 0.1) is 0 Å². The van der Waals surface area contributed by atoms with Crippen molar-refractivity contribution in [3.05, 3.63) is 33.8 Å². The highest BCUT2D eigenvalue weighted by atomic mass is 35.5. The summed E-state index contributed by atoms with van der Waals surface area (Å²) in [5, 5.41) is 0.482. The van der Waals surface area contributed by atoms with Gasteiger partial charge in [-0.3, -0.25) is 11.3 Å². The van der Waals surface area contributed by atoms with Crippen LogP contribution in [0.3, 0.4) is 0 Å². The first-order chi connectivity index (χ1) is 8.25. The lowest BCUT2D eigenvalue weighted by Gasteiger charge is -2.22. The predicted octanol–water partition coefficient (Wildman–Crippen LogP) is 1.80. The lowest BCUT2D eigenvalue weighted by molar-refractivity contribution is 0.494. The van der Waals surface area contributed by atoms with E-state index < -0.39 is 21.1 Å². The number of rotatable bonds is 5. The summed E-state index contributed by atoms with van der Waals surface area (Å²) in [6, 6.07) is 4.65. The average Bonchev–Trinajstić information content (AvgIpc) is 2.28. The van der Waals surface area contributed by atoms with Gasteiger partial charge in [-0.2, -0.15) is 0 Å². The van der Waals surface area contributed by atoms with E-state index in [2.05, 4.69) is 5.43 Å². The van der Waals surface area contributed by atoms with E-state index >= 15 is 0 Å². The first-order valence-corrected chi connectivity index (χ1v) is 8.05. The zero-order valence-corrected chi connectivity index (χ0v) is 12.5. The van der Waals surface area contributed by atoms with Crippen molar-refractivity contribution in [2.75, 3.05) is 6.26 Å². The number of benzene rings is 1. The Labute approximate surface area is 117 Å². The van der Waals surface area contributed by atoms with Crippen LogP contribution in [-0.4, -0.2) is 26.0 Å². The van der Waals surface area contributed by atoms with E-state index in [-0.39, 0.29) is 0 Å². The Morgan fingerprint density at radius 1 is 1.39 bits per heavy atom. The lowest BCUT2D eigenvalue weighted by atomic mass is 10.0. The van der Waals surface area contributed by atoms with E-state index in [0.717, 1.165) is 5.56 Å². The van der Waals surface area contributed by atoms with Gasteiger partial charge in [0, 0.05) is 22.3 Å². The van der Waals surface area contributed by atoms with Gasteiger partial charge in [-0.1, -0.05) is 23.2 Å². The SMILES string of the molecule is CC(C(Cc1cc(Cl)ccc1Cl)NN)S(C)(=O)=O. The first kappa shape index (κ1) is 15.7. The molecule has 2 unspecified atom stereocenters. The second-order valence-electron chi connectivity index (χ2n) is 4.25. The summed E-state index contributed by atoms with van der Waals surface area (Å²) in [7, 11) is -3.18. The molecule has 18 heavy (non-hydrogen) atoms. The molecule has 0 aliphatic heterocycles. The van der Waals surface area contributed by atoms with Gasteiger partial charge in [-0.05, 0) is 37.1 Å². The molecular formula is C11H16Cl2N2O2S. The summed E-state index contributed by atoms with van der Waals surface area (Å²) < 4.78 is 23.0. The molecule has 0 aromatic heterocycles. The van der Waals surface area contributed by atoms with Crippen LogP contribution in [0.2, 0.25) is 10.0 Å². The number of hydrogen-bond donors (Lipinski definition) is 2. The molecule has 2 atom stereocenters. The molecule has 102 valence electrons. The van der Waals surface area contributed by atoms with Gasteiger partial charge in [0.15, 0.2) is 9.84 Å². The predicted molar refractivity (Wildman–Crippen MR) is 75.6 cm³/mol. The minimum absolute atomic E-state index is 0.393. The molecule has 0 bridgehead atoms. The first-order valence-electron chi connectivity index (χ1n) is 5.34. The van der Waals surface area contributed by atoms with Crippen molar-refractivity contribution < 1.29 is 8.42 Å². The fourth-order valence-corrected chi connectivity index (χ4v) is 2.76. The Balaban J connectivity index is 2.96. The molecule has 0 amide bonds. The number of nitrogens with one attached hydrogen (secondary N) is 1. The third-order valence-corrected chi connectivity index (χ3v) is 5.19. The molecule has 3 N–H and O–H groups in total. The highest BCUT2D eigenvalue weighted by Gasteiger charge is 2.25. The van der Waals surface area contributed by atoms with Crippen molar-refractivity contribution in [3.63, 3.8) is 0 Å². The Hall–Kier alpha value is -0.330. The van der Waals surface area contributed by atoms with Crippen molar-refractivity contribution >= 4 is 33.0 Å². The third kappa shape index (κ3) is 4.10. The number of sulfone groups is 1. The number of hydrazine groups is 1. The molecule has 1 rings (SSSR count). The standard InChI is InChI=1S/C11H16Cl2N2O2S/c1-7(18(2,16)17)11(15-14)6-8-5-9(12)3-4-10(8)13/h3-5,7,11,15H,6,14H2,1-2H3. The summed E-state index contributed by atoms with van der Waals surface area (Å²) in [5.41, 5.74) is 3.29. The smallest absolute Gasteiger partial charge is 0.151 e. The largest absolute Gasteiger partial charge is 0.271 e. The minimum Gasteiger partial charge on any atom is -0.271 e. The highest BCUT2D eigenvalue weighted by molar-refractivity contribution is 7.91. The van der Waals surface area contributed by atoms with E-state index in [1.807, 2.05) is 0 Å². The zero-order valence-electron chi connectivity index (χ0n) is 10.2. The molecule has 0 heterocycles. The minimum atomic E-state index is -3.18. The zero-order chi connectivity index (χ0) is 13.9. The fraction of sp³-hybridized carbons (Fsp3) is 0.455. The fourth-order valence-electron chi connectivity index (χ4n) is 1.60. The normalized spacial score (nSPS) is 15.4. The van der Waals surface area contributed by atoms with Crippen molar-refractivity contribution in [3.8, 4) is 0 Å². The van der Waals surface area contributed by atoms with Crippen molar-refractivity contribution in [1.82, 2.24) is 5.43 Å². The molecule has 1 aromatic rings. The Kier molecular flexibility index (Phi) is 5.43. The quantitative estimate of drug-likeness (QED) is 0.642. The van der Waals surface area contributed by atoms with Gasteiger partial charge in [0.05, 0.1) is 5.25 Å². The third-order valence-electron chi connectivity index (χ3n) is 2.90. The Bertz CT molecular complexity index is 520. The Morgan fingerprint density at radius 3 is 2.50 bits per heavy atom. The van der Waals surface area contributed by atoms with Gasteiger partial charge in [-0.25, -0.2) is 8.42 Å². The molecular weight excluding hydrogens is 295 g/mol. The summed E-state index contributed by atoms with van der Waals surface area (Å²) in [4.78, 5) is 0.